The van der Waals surface area contributed by atoms with Crippen LogP contribution >= 0.6 is 0 Å². The first kappa shape index (κ1) is 25.8. The minimum absolute atomic E-state index is 0. The minimum atomic E-state index is 0. The van der Waals surface area contributed by atoms with Gasteiger partial charge in [-0.3, -0.25) is 4.48 Å². The number of phenolic OH excluding ortho intramolecular Hbond substituents is 1. The second-order valence-corrected chi connectivity index (χ2v) is 8.05. The zero-order chi connectivity index (χ0) is 22.1. The molecule has 0 radical (unpaired) electrons. The van der Waals surface area contributed by atoms with Crippen molar-refractivity contribution in [3.05, 3.63) is 96.6 Å². The molecule has 164 valence electrons. The summed E-state index contributed by atoms with van der Waals surface area (Å²) in [5.74, 6) is 0.323. The Bertz CT molecular complexity index is 1070. The van der Waals surface area contributed by atoms with Gasteiger partial charge >= 0.3 is 0 Å². The van der Waals surface area contributed by atoms with E-state index < -0.39 is 0 Å². The van der Waals surface area contributed by atoms with Crippen molar-refractivity contribution in [1.29, 1.82) is 0 Å². The average molecular weight is 438 g/mol. The molecule has 5 N–H and O–H groups in total. The number of fused-ring (bicyclic) bond motifs is 1. The van der Waals surface area contributed by atoms with Crippen molar-refractivity contribution >= 4 is 27.8 Å². The highest BCUT2D eigenvalue weighted by Gasteiger charge is 2.10. The molecule has 0 spiro atoms. The molecule has 0 atom stereocenters. The second-order valence-electron chi connectivity index (χ2n) is 8.05. The van der Waals surface area contributed by atoms with Crippen LogP contribution in [0.3, 0.4) is 0 Å². The molecule has 0 aliphatic heterocycles. The number of nitrogens with two attached hydrogens (primary N) is 2. The number of hydrogen-bond donors (Lipinski definition) is 3. The highest BCUT2D eigenvalue weighted by molar-refractivity contribution is 5.83. The molecule has 0 unspecified atom stereocenters. The molecule has 4 nitrogen and oxygen atoms in total. The second kappa shape index (κ2) is 11.8. The van der Waals surface area contributed by atoms with Crippen LogP contribution in [0.2, 0.25) is 0 Å². The van der Waals surface area contributed by atoms with Crippen LogP contribution in [-0.4, -0.2) is 26.2 Å². The van der Waals surface area contributed by atoms with Crippen molar-refractivity contribution in [3.8, 4) is 5.75 Å². The molecule has 0 saturated heterocycles. The molecule has 0 aromatic heterocycles. The Hall–Kier alpha value is -3.21. The summed E-state index contributed by atoms with van der Waals surface area (Å²) in [7, 11) is 6.36. The zero-order valence-electron chi connectivity index (χ0n) is 18.6. The number of nitrogens with zero attached hydrogens (tertiary/aromatic N) is 1. The quantitative estimate of drug-likeness (QED) is 0.316. The largest absolute Gasteiger partial charge is 1.00 e. The lowest BCUT2D eigenvalue weighted by Crippen LogP contribution is -3.00. The number of rotatable bonds is 1. The summed E-state index contributed by atoms with van der Waals surface area (Å²) < 4.78 is 0.811. The van der Waals surface area contributed by atoms with Crippen LogP contribution in [0.1, 0.15) is 5.56 Å². The predicted molar refractivity (Wildman–Crippen MR) is 132 cm³/mol. The number of hydrogen-bond acceptors (Lipinski definition) is 3. The Morgan fingerprint density at radius 2 is 1.23 bits per heavy atom. The van der Waals surface area contributed by atoms with Gasteiger partial charge in [-0.05, 0) is 59.7 Å². The summed E-state index contributed by atoms with van der Waals surface area (Å²) in [6.07, 6.45) is 0. The Kier molecular flexibility index (Phi) is 9.87. The van der Waals surface area contributed by atoms with Gasteiger partial charge in [0.2, 0.25) is 0 Å². The maximum absolute atomic E-state index is 9.13. The van der Waals surface area contributed by atoms with Crippen molar-refractivity contribution in [1.82, 2.24) is 4.48 Å². The number of benzene rings is 4. The number of quaternary nitrogens is 1. The monoisotopic (exact) mass is 437 g/mol. The van der Waals surface area contributed by atoms with Gasteiger partial charge in [-0.25, -0.2) is 0 Å². The van der Waals surface area contributed by atoms with Gasteiger partial charge in [-0.15, -0.1) is 0 Å². The van der Waals surface area contributed by atoms with Crippen molar-refractivity contribution in [3.63, 3.8) is 0 Å². The molecule has 4 aromatic carbocycles. The molecule has 4 rings (SSSR count). The van der Waals surface area contributed by atoms with Gasteiger partial charge < -0.3 is 29.0 Å². The summed E-state index contributed by atoms with van der Waals surface area (Å²) in [6.45, 7) is 2.02. The van der Waals surface area contributed by atoms with Crippen LogP contribution in [0.5, 0.6) is 5.75 Å². The van der Waals surface area contributed by atoms with Crippen LogP contribution < -0.4 is 28.4 Å². The number of aromatic hydroxyl groups is 1. The number of phenols is 1. The van der Waals surface area contributed by atoms with E-state index in [0.717, 1.165) is 26.6 Å². The molecule has 5 heteroatoms. The summed E-state index contributed by atoms with van der Waals surface area (Å²) in [6, 6.07) is 29.1. The third kappa shape index (κ3) is 8.99. The van der Waals surface area contributed by atoms with Crippen LogP contribution in [0, 0.1) is 6.92 Å². The molecule has 31 heavy (non-hydrogen) atoms. The van der Waals surface area contributed by atoms with Crippen molar-refractivity contribution in [2.45, 2.75) is 6.92 Å². The molecule has 0 fully saturated rings. The maximum atomic E-state index is 9.13. The number of halogens is 1. The van der Waals surface area contributed by atoms with Gasteiger partial charge in [0.05, 0.1) is 21.1 Å². The Labute approximate surface area is 191 Å². The standard InChI is InChI=1S/C10H8O.C9H15N2.C7H9N.ClH/c11-10-6-5-8-3-1-2-4-9(8)7-10;1-11(2,3)9-6-4-5-8(10)7-9;1-6-3-2-4-7(8)5-6;/h1-7,11H;4-7H,10H2,1-3H3;2-5H,8H2,1H3;1H/q;+1;;/p-1. The molecule has 0 heterocycles. The van der Waals surface area contributed by atoms with Crippen LogP contribution in [0.4, 0.5) is 17.1 Å². The van der Waals surface area contributed by atoms with E-state index in [1.54, 1.807) is 12.1 Å². The summed E-state index contributed by atoms with van der Waals surface area (Å²) in [5.41, 5.74) is 15.2. The van der Waals surface area contributed by atoms with Gasteiger partial charge in [-0.2, -0.15) is 0 Å². The van der Waals surface area contributed by atoms with Crippen molar-refractivity contribution in [2.75, 3.05) is 32.6 Å². The summed E-state index contributed by atoms with van der Waals surface area (Å²) >= 11 is 0. The molecular weight excluding hydrogens is 406 g/mol. The number of aryl methyl sites for hydroxylation is 1. The van der Waals surface area contributed by atoms with Gasteiger partial charge in [0.25, 0.3) is 0 Å². The van der Waals surface area contributed by atoms with Crippen LogP contribution in [-0.2, 0) is 0 Å². The first-order valence-corrected chi connectivity index (χ1v) is 9.82. The Balaban J connectivity index is 0.000000232. The molecule has 4 aromatic rings. The molecule has 0 bridgehead atoms. The van der Waals surface area contributed by atoms with E-state index in [-0.39, 0.29) is 12.4 Å². The smallest absolute Gasteiger partial charge is 0.134 e. The molecule has 0 amide bonds. The number of nitrogen functional groups attached to an aromatic ring is 2. The lowest BCUT2D eigenvalue weighted by molar-refractivity contribution is -0.00000751. The highest BCUT2D eigenvalue weighted by Crippen LogP contribution is 2.19. The topological polar surface area (TPSA) is 72.3 Å². The highest BCUT2D eigenvalue weighted by atomic mass is 35.5. The minimum Gasteiger partial charge on any atom is -1.00 e. The van der Waals surface area contributed by atoms with Gasteiger partial charge in [0.1, 0.15) is 11.4 Å². The fourth-order valence-corrected chi connectivity index (χ4v) is 2.79. The van der Waals surface area contributed by atoms with Crippen LogP contribution in [0.25, 0.3) is 10.8 Å². The summed E-state index contributed by atoms with van der Waals surface area (Å²) in [5, 5.41) is 11.4. The zero-order valence-corrected chi connectivity index (χ0v) is 19.3. The molecule has 0 aliphatic carbocycles. The van der Waals surface area contributed by atoms with E-state index in [1.165, 1.54) is 11.3 Å². The van der Waals surface area contributed by atoms with Crippen molar-refractivity contribution < 1.29 is 17.5 Å². The van der Waals surface area contributed by atoms with E-state index in [9.17, 15) is 0 Å². The maximum Gasteiger partial charge on any atom is 0.134 e. The first-order valence-electron chi connectivity index (χ1n) is 9.82. The van der Waals surface area contributed by atoms with Gasteiger partial charge in [0, 0.05) is 17.4 Å². The molecular formula is C26H32ClN3O. The van der Waals surface area contributed by atoms with Crippen molar-refractivity contribution in [2.24, 2.45) is 0 Å². The SMILES string of the molecule is C[N+](C)(C)c1cccc(N)c1.Cc1cccc(N)c1.Oc1ccc2ccccc2c1.[Cl-]. The number of anilines is 2. The fraction of sp³-hybridized carbons (Fsp3) is 0.154. The van der Waals surface area contributed by atoms with E-state index in [1.807, 2.05) is 79.7 Å². The third-order valence-electron chi connectivity index (χ3n) is 4.42. The molecule has 0 saturated carbocycles. The first-order chi connectivity index (χ1) is 14.1. The van der Waals surface area contributed by atoms with E-state index in [2.05, 4.69) is 27.2 Å². The van der Waals surface area contributed by atoms with E-state index >= 15 is 0 Å². The lowest BCUT2D eigenvalue weighted by atomic mass is 10.1. The van der Waals surface area contributed by atoms with E-state index in [4.69, 9.17) is 16.6 Å². The third-order valence-corrected chi connectivity index (χ3v) is 4.42. The fourth-order valence-electron chi connectivity index (χ4n) is 2.79. The average Bonchev–Trinajstić information content (AvgIpc) is 2.68. The Morgan fingerprint density at radius 3 is 1.71 bits per heavy atom. The molecule has 0 aliphatic rings. The van der Waals surface area contributed by atoms with Gasteiger partial charge in [0.15, 0.2) is 0 Å². The van der Waals surface area contributed by atoms with Gasteiger partial charge in [-0.1, -0.05) is 48.5 Å². The van der Waals surface area contributed by atoms with E-state index in [0.29, 0.717) is 5.75 Å². The Morgan fingerprint density at radius 1 is 0.645 bits per heavy atom. The normalized spacial score (nSPS) is 10.1. The lowest BCUT2D eigenvalue weighted by Gasteiger charge is -2.23. The summed E-state index contributed by atoms with van der Waals surface area (Å²) in [4.78, 5) is 0. The van der Waals surface area contributed by atoms with Crippen LogP contribution in [0.15, 0.2) is 91.0 Å². The predicted octanol–water partition coefficient (Wildman–Crippen LogP) is 2.59.